The number of anilines is 1. The predicted molar refractivity (Wildman–Crippen MR) is 150 cm³/mol. The number of benzene rings is 1. The maximum atomic E-state index is 13.1. The Bertz CT molecular complexity index is 1370. The summed E-state index contributed by atoms with van der Waals surface area (Å²) in [5.74, 6) is -0.515. The van der Waals surface area contributed by atoms with Crippen molar-refractivity contribution in [3.63, 3.8) is 0 Å². The maximum absolute atomic E-state index is 13.1. The second-order valence-electron chi connectivity index (χ2n) is 8.65. The monoisotopic (exact) mass is 595 g/mol. The van der Waals surface area contributed by atoms with Crippen molar-refractivity contribution < 1.29 is 19.1 Å². The number of nitrogens with zero attached hydrogens (tertiary/aromatic N) is 3. The molecule has 4 rings (SSSR count). The first-order valence-corrected chi connectivity index (χ1v) is 14.6. The normalized spacial score (nSPS) is 13.5. The van der Waals surface area contributed by atoms with Crippen LogP contribution in [0.4, 0.5) is 5.00 Å². The second kappa shape index (κ2) is 12.5. The molecule has 1 aromatic carbocycles. The van der Waals surface area contributed by atoms with E-state index in [1.54, 1.807) is 37.6 Å². The topological polar surface area (TPSA) is 115 Å². The number of aryl methyl sites for hydroxylation is 1. The molecule has 0 radical (unpaired) electrons. The van der Waals surface area contributed by atoms with E-state index in [0.717, 1.165) is 36.1 Å². The minimum atomic E-state index is -0.526. The Labute approximate surface area is 238 Å². The van der Waals surface area contributed by atoms with Crippen molar-refractivity contribution in [2.24, 2.45) is 7.05 Å². The standard InChI is InChI=1S/C25H27Cl2N5O4S2/c1-4-36-24(35)20-16-7-5-6-8-18(16)38-23(20)29-21(33)13(2)37-25-31-30-19(32(25)3)12-28-22(34)15-10-9-14(26)11-17(15)27/h9-11,13H,4-8,12H2,1-3H3,(H,28,34)(H,29,33)/t13-/m0/s1. The summed E-state index contributed by atoms with van der Waals surface area (Å²) in [5, 5.41) is 15.3. The predicted octanol–water partition coefficient (Wildman–Crippen LogP) is 5.29. The van der Waals surface area contributed by atoms with Gasteiger partial charge >= 0.3 is 5.97 Å². The number of rotatable bonds is 9. The highest BCUT2D eigenvalue weighted by molar-refractivity contribution is 8.00. The van der Waals surface area contributed by atoms with Gasteiger partial charge in [0, 0.05) is 16.9 Å². The zero-order valence-corrected chi connectivity index (χ0v) is 24.2. The SMILES string of the molecule is CCOC(=O)c1c(NC(=O)[C@H](C)Sc2nnc(CNC(=O)c3ccc(Cl)cc3Cl)n2C)sc2c1CCCC2. The lowest BCUT2D eigenvalue weighted by Gasteiger charge is -2.13. The Balaban J connectivity index is 1.40. The molecule has 3 aromatic rings. The van der Waals surface area contributed by atoms with Gasteiger partial charge in [-0.05, 0) is 63.3 Å². The molecule has 0 saturated carbocycles. The number of thiophene rings is 1. The van der Waals surface area contributed by atoms with Crippen LogP contribution in [-0.2, 0) is 36.0 Å². The van der Waals surface area contributed by atoms with E-state index in [1.165, 1.54) is 29.2 Å². The van der Waals surface area contributed by atoms with E-state index in [1.807, 2.05) is 0 Å². The number of nitrogens with one attached hydrogen (secondary N) is 2. The summed E-state index contributed by atoms with van der Waals surface area (Å²) in [4.78, 5) is 39.4. The Kier molecular flexibility index (Phi) is 9.35. The molecule has 0 spiro atoms. The molecule has 0 bridgehead atoms. The quantitative estimate of drug-likeness (QED) is 0.255. The minimum absolute atomic E-state index is 0.117. The number of esters is 1. The van der Waals surface area contributed by atoms with Crippen molar-refractivity contribution in [1.82, 2.24) is 20.1 Å². The molecule has 0 unspecified atom stereocenters. The molecule has 13 heteroatoms. The zero-order valence-electron chi connectivity index (χ0n) is 21.1. The number of carbonyl (C=O) groups excluding carboxylic acids is 3. The van der Waals surface area contributed by atoms with Gasteiger partial charge in [0.15, 0.2) is 11.0 Å². The molecule has 2 aromatic heterocycles. The number of halogens is 2. The number of hydrogen-bond acceptors (Lipinski definition) is 8. The highest BCUT2D eigenvalue weighted by atomic mass is 35.5. The first-order chi connectivity index (χ1) is 18.2. The Morgan fingerprint density at radius 2 is 1.97 bits per heavy atom. The van der Waals surface area contributed by atoms with Gasteiger partial charge in [-0.2, -0.15) is 0 Å². The molecule has 1 atom stereocenters. The summed E-state index contributed by atoms with van der Waals surface area (Å²) in [6.45, 7) is 3.91. The van der Waals surface area contributed by atoms with Gasteiger partial charge in [0.1, 0.15) is 5.00 Å². The molecule has 0 fully saturated rings. The molecule has 1 aliphatic rings. The summed E-state index contributed by atoms with van der Waals surface area (Å²) in [5.41, 5.74) is 1.78. The first-order valence-electron chi connectivity index (χ1n) is 12.1. The van der Waals surface area contributed by atoms with Gasteiger partial charge in [0.25, 0.3) is 5.91 Å². The van der Waals surface area contributed by atoms with E-state index < -0.39 is 11.2 Å². The molecule has 202 valence electrons. The summed E-state index contributed by atoms with van der Waals surface area (Å²) in [7, 11) is 1.76. The third-order valence-electron chi connectivity index (χ3n) is 6.05. The van der Waals surface area contributed by atoms with Crippen molar-refractivity contribution in [2.75, 3.05) is 11.9 Å². The van der Waals surface area contributed by atoms with Crippen LogP contribution in [0.25, 0.3) is 0 Å². The van der Waals surface area contributed by atoms with Crippen LogP contribution in [0.5, 0.6) is 0 Å². The van der Waals surface area contributed by atoms with E-state index in [0.29, 0.717) is 32.1 Å². The number of fused-ring (bicyclic) bond motifs is 1. The van der Waals surface area contributed by atoms with E-state index in [-0.39, 0.29) is 30.0 Å². The molecule has 0 saturated heterocycles. The van der Waals surface area contributed by atoms with Gasteiger partial charge in [-0.1, -0.05) is 35.0 Å². The molecule has 2 heterocycles. The van der Waals surface area contributed by atoms with Crippen LogP contribution in [0.15, 0.2) is 23.4 Å². The number of carbonyl (C=O) groups is 3. The van der Waals surface area contributed by atoms with Crippen molar-refractivity contribution in [3.05, 3.63) is 55.6 Å². The zero-order chi connectivity index (χ0) is 27.4. The largest absolute Gasteiger partial charge is 0.462 e. The van der Waals surface area contributed by atoms with Crippen molar-refractivity contribution in [3.8, 4) is 0 Å². The van der Waals surface area contributed by atoms with Crippen LogP contribution in [0, 0.1) is 0 Å². The second-order valence-corrected chi connectivity index (χ2v) is 11.9. The Morgan fingerprint density at radius 3 is 2.71 bits per heavy atom. The molecule has 2 amide bonds. The van der Waals surface area contributed by atoms with Gasteiger partial charge in [0.2, 0.25) is 5.91 Å². The van der Waals surface area contributed by atoms with Gasteiger partial charge in [-0.15, -0.1) is 21.5 Å². The average molecular weight is 597 g/mol. The van der Waals surface area contributed by atoms with Crippen LogP contribution in [0.2, 0.25) is 10.0 Å². The Morgan fingerprint density at radius 1 is 1.21 bits per heavy atom. The van der Waals surface area contributed by atoms with Gasteiger partial charge in [0.05, 0.1) is 34.6 Å². The van der Waals surface area contributed by atoms with E-state index in [4.69, 9.17) is 27.9 Å². The highest BCUT2D eigenvalue weighted by Gasteiger charge is 2.29. The van der Waals surface area contributed by atoms with Crippen molar-refractivity contribution in [2.45, 2.75) is 56.5 Å². The number of ether oxygens (including phenoxy) is 1. The molecule has 38 heavy (non-hydrogen) atoms. The van der Waals surface area contributed by atoms with Gasteiger partial charge in [-0.3, -0.25) is 9.59 Å². The Hall–Kier alpha value is -2.60. The summed E-state index contributed by atoms with van der Waals surface area (Å²) in [6, 6.07) is 4.64. The average Bonchev–Trinajstić information content (AvgIpc) is 3.42. The third kappa shape index (κ3) is 6.33. The van der Waals surface area contributed by atoms with Crippen LogP contribution in [0.1, 0.15) is 63.7 Å². The fraction of sp³-hybridized carbons (Fsp3) is 0.400. The lowest BCUT2D eigenvalue weighted by Crippen LogP contribution is -2.25. The smallest absolute Gasteiger partial charge is 0.341 e. The molecular weight excluding hydrogens is 569 g/mol. The van der Waals surface area contributed by atoms with E-state index in [9.17, 15) is 14.4 Å². The number of amides is 2. The van der Waals surface area contributed by atoms with E-state index >= 15 is 0 Å². The maximum Gasteiger partial charge on any atom is 0.341 e. The molecular formula is C25H27Cl2N5O4S2. The van der Waals surface area contributed by atoms with Crippen molar-refractivity contribution >= 4 is 69.1 Å². The van der Waals surface area contributed by atoms with Gasteiger partial charge < -0.3 is 19.9 Å². The van der Waals surface area contributed by atoms with Gasteiger partial charge in [-0.25, -0.2) is 4.79 Å². The van der Waals surface area contributed by atoms with Crippen LogP contribution < -0.4 is 10.6 Å². The van der Waals surface area contributed by atoms with Crippen molar-refractivity contribution in [1.29, 1.82) is 0 Å². The summed E-state index contributed by atoms with van der Waals surface area (Å²) >= 11 is 14.7. The summed E-state index contributed by atoms with van der Waals surface area (Å²) in [6.07, 6.45) is 3.78. The lowest BCUT2D eigenvalue weighted by atomic mass is 9.95. The first kappa shape index (κ1) is 28.4. The highest BCUT2D eigenvalue weighted by Crippen LogP contribution is 2.39. The minimum Gasteiger partial charge on any atom is -0.462 e. The molecule has 2 N–H and O–H groups in total. The van der Waals surface area contributed by atoms with Crippen LogP contribution in [0.3, 0.4) is 0 Å². The molecule has 9 nitrogen and oxygen atoms in total. The number of thioether (sulfide) groups is 1. The molecule has 1 aliphatic carbocycles. The third-order valence-corrected chi connectivity index (χ3v) is 8.94. The molecule has 0 aliphatic heterocycles. The number of hydrogen-bond donors (Lipinski definition) is 2. The van der Waals surface area contributed by atoms with Crippen LogP contribution >= 0.6 is 46.3 Å². The fourth-order valence-electron chi connectivity index (χ4n) is 4.03. The fourth-order valence-corrected chi connectivity index (χ4v) is 6.64. The number of aromatic nitrogens is 3. The van der Waals surface area contributed by atoms with E-state index in [2.05, 4.69) is 20.8 Å². The summed E-state index contributed by atoms with van der Waals surface area (Å²) < 4.78 is 6.99. The lowest BCUT2D eigenvalue weighted by molar-refractivity contribution is -0.115. The van der Waals surface area contributed by atoms with Crippen LogP contribution in [-0.4, -0.2) is 44.4 Å².